The molecule has 2 unspecified atom stereocenters. The van der Waals surface area contributed by atoms with E-state index < -0.39 is 18.0 Å². The topological polar surface area (TPSA) is 78.9 Å². The van der Waals surface area contributed by atoms with Crippen LogP contribution in [0.1, 0.15) is 25.7 Å². The van der Waals surface area contributed by atoms with Gasteiger partial charge in [0.25, 0.3) is 0 Å². The molecule has 1 fully saturated rings. The number of alkyl halides is 3. The molecule has 1 aliphatic carbocycles. The van der Waals surface area contributed by atoms with Gasteiger partial charge in [0, 0.05) is 13.0 Å². The van der Waals surface area contributed by atoms with Gasteiger partial charge in [0.15, 0.2) is 5.84 Å². The molecule has 8 heteroatoms. The molecule has 1 saturated carbocycles. The molecular weight excluding hydrogens is 263 g/mol. The van der Waals surface area contributed by atoms with Gasteiger partial charge in [-0.15, -0.1) is 0 Å². The molecule has 0 radical (unpaired) electrons. The van der Waals surface area contributed by atoms with Crippen LogP contribution in [0.2, 0.25) is 0 Å². The van der Waals surface area contributed by atoms with Crippen LogP contribution in [0.4, 0.5) is 13.2 Å². The standard InChI is InChI=1S/C11H18F3N3O2/c1-17(6-9(15)16-19)10(18)7-3-2-4-8(5-7)11(12,13)14/h7-8,19H,2-6H2,1H3,(H2,15,16). The van der Waals surface area contributed by atoms with E-state index in [4.69, 9.17) is 10.9 Å². The quantitative estimate of drug-likeness (QED) is 0.356. The van der Waals surface area contributed by atoms with Crippen LogP contribution in [0.5, 0.6) is 0 Å². The van der Waals surface area contributed by atoms with E-state index in [-0.39, 0.29) is 31.1 Å². The van der Waals surface area contributed by atoms with E-state index in [9.17, 15) is 18.0 Å². The van der Waals surface area contributed by atoms with Crippen molar-refractivity contribution >= 4 is 11.7 Å². The summed E-state index contributed by atoms with van der Waals surface area (Å²) in [6.07, 6.45) is -3.51. The number of rotatable bonds is 3. The van der Waals surface area contributed by atoms with Gasteiger partial charge in [0.1, 0.15) is 0 Å². The molecule has 0 heterocycles. The molecule has 1 aliphatic rings. The molecule has 0 saturated heterocycles. The maximum Gasteiger partial charge on any atom is 0.391 e. The zero-order chi connectivity index (χ0) is 14.6. The molecule has 0 bridgehead atoms. The van der Waals surface area contributed by atoms with Gasteiger partial charge in [-0.1, -0.05) is 11.6 Å². The van der Waals surface area contributed by atoms with Gasteiger partial charge in [-0.3, -0.25) is 4.79 Å². The Labute approximate surface area is 109 Å². The molecule has 2 atom stereocenters. The first-order chi connectivity index (χ1) is 8.75. The molecule has 1 rings (SSSR count). The number of carbonyl (C=O) groups is 1. The van der Waals surface area contributed by atoms with E-state index in [1.54, 1.807) is 0 Å². The molecular formula is C11H18F3N3O2. The van der Waals surface area contributed by atoms with E-state index in [2.05, 4.69) is 5.16 Å². The monoisotopic (exact) mass is 281 g/mol. The number of amides is 1. The summed E-state index contributed by atoms with van der Waals surface area (Å²) in [5, 5.41) is 11.1. The highest BCUT2D eigenvalue weighted by Crippen LogP contribution is 2.40. The Balaban J connectivity index is 2.62. The minimum absolute atomic E-state index is 0.0806. The van der Waals surface area contributed by atoms with Crippen LogP contribution >= 0.6 is 0 Å². The second-order valence-corrected chi connectivity index (χ2v) is 4.89. The van der Waals surface area contributed by atoms with Crippen molar-refractivity contribution in [1.82, 2.24) is 4.90 Å². The average Bonchev–Trinajstić information content (AvgIpc) is 2.36. The number of nitrogens with two attached hydrogens (primary N) is 1. The van der Waals surface area contributed by atoms with Crippen molar-refractivity contribution in [3.63, 3.8) is 0 Å². The summed E-state index contributed by atoms with van der Waals surface area (Å²) in [5.74, 6) is -2.59. The maximum absolute atomic E-state index is 12.6. The van der Waals surface area contributed by atoms with Gasteiger partial charge in [-0.05, 0) is 19.3 Å². The van der Waals surface area contributed by atoms with E-state index in [0.29, 0.717) is 12.8 Å². The number of halogens is 3. The fourth-order valence-corrected chi connectivity index (χ4v) is 2.38. The third-order valence-electron chi connectivity index (χ3n) is 3.39. The predicted octanol–water partition coefficient (Wildman–Crippen LogP) is 1.56. The fraction of sp³-hybridized carbons (Fsp3) is 0.818. The first kappa shape index (κ1) is 15.6. The Morgan fingerprint density at radius 1 is 1.47 bits per heavy atom. The Morgan fingerprint density at radius 3 is 2.63 bits per heavy atom. The summed E-state index contributed by atoms with van der Waals surface area (Å²) in [4.78, 5) is 13.2. The first-order valence-corrected chi connectivity index (χ1v) is 6.03. The van der Waals surface area contributed by atoms with Crippen LogP contribution in [0.3, 0.4) is 0 Å². The van der Waals surface area contributed by atoms with Crippen molar-refractivity contribution in [2.45, 2.75) is 31.9 Å². The summed E-state index contributed by atoms with van der Waals surface area (Å²) in [6, 6.07) is 0. The van der Waals surface area contributed by atoms with Crippen LogP contribution in [-0.2, 0) is 4.79 Å². The van der Waals surface area contributed by atoms with Crippen LogP contribution in [0.15, 0.2) is 5.16 Å². The fourth-order valence-electron chi connectivity index (χ4n) is 2.38. The van der Waals surface area contributed by atoms with Crippen molar-refractivity contribution in [3.05, 3.63) is 0 Å². The van der Waals surface area contributed by atoms with Crippen LogP contribution in [-0.4, -0.2) is 41.6 Å². The minimum atomic E-state index is -4.25. The van der Waals surface area contributed by atoms with E-state index in [1.807, 2.05) is 0 Å². The second-order valence-electron chi connectivity index (χ2n) is 4.89. The van der Waals surface area contributed by atoms with Gasteiger partial charge >= 0.3 is 6.18 Å². The lowest BCUT2D eigenvalue weighted by atomic mass is 9.80. The average molecular weight is 281 g/mol. The molecule has 110 valence electrons. The lowest BCUT2D eigenvalue weighted by molar-refractivity contribution is -0.187. The number of hydrogen-bond donors (Lipinski definition) is 2. The summed E-state index contributed by atoms with van der Waals surface area (Å²) in [5.41, 5.74) is 5.26. The van der Waals surface area contributed by atoms with Gasteiger partial charge in [-0.2, -0.15) is 13.2 Å². The number of amidine groups is 1. The molecule has 0 aromatic rings. The van der Waals surface area contributed by atoms with Crippen molar-refractivity contribution in [3.8, 4) is 0 Å². The molecule has 5 nitrogen and oxygen atoms in total. The molecule has 0 aromatic carbocycles. The smallest absolute Gasteiger partial charge is 0.391 e. The molecule has 0 aliphatic heterocycles. The maximum atomic E-state index is 12.6. The highest BCUT2D eigenvalue weighted by atomic mass is 19.4. The normalized spacial score (nSPS) is 25.2. The minimum Gasteiger partial charge on any atom is -0.409 e. The van der Waals surface area contributed by atoms with Crippen LogP contribution in [0.25, 0.3) is 0 Å². The number of nitrogens with zero attached hydrogens (tertiary/aromatic N) is 2. The van der Waals surface area contributed by atoms with Crippen molar-refractivity contribution in [2.75, 3.05) is 13.6 Å². The number of hydrogen-bond acceptors (Lipinski definition) is 3. The van der Waals surface area contributed by atoms with Gasteiger partial charge in [-0.25, -0.2) is 0 Å². The number of carbonyl (C=O) groups excluding carboxylic acids is 1. The predicted molar refractivity (Wildman–Crippen MR) is 62.5 cm³/mol. The zero-order valence-corrected chi connectivity index (χ0v) is 10.7. The lowest BCUT2D eigenvalue weighted by Crippen LogP contribution is -2.41. The third kappa shape index (κ3) is 4.29. The first-order valence-electron chi connectivity index (χ1n) is 6.03. The molecule has 0 spiro atoms. The van der Waals surface area contributed by atoms with Gasteiger partial charge in [0.05, 0.1) is 12.5 Å². The van der Waals surface area contributed by atoms with E-state index >= 15 is 0 Å². The number of likely N-dealkylation sites (N-methyl/N-ethyl adjacent to an activating group) is 1. The summed E-state index contributed by atoms with van der Waals surface area (Å²) in [6.45, 7) is -0.0947. The van der Waals surface area contributed by atoms with Crippen LogP contribution in [0, 0.1) is 11.8 Å². The summed E-state index contributed by atoms with van der Waals surface area (Å²) >= 11 is 0. The largest absolute Gasteiger partial charge is 0.409 e. The van der Waals surface area contributed by atoms with E-state index in [1.165, 1.54) is 11.9 Å². The third-order valence-corrected chi connectivity index (χ3v) is 3.39. The Kier molecular flexibility index (Phi) is 5.02. The zero-order valence-electron chi connectivity index (χ0n) is 10.7. The van der Waals surface area contributed by atoms with Crippen molar-refractivity contribution < 1.29 is 23.2 Å². The van der Waals surface area contributed by atoms with E-state index in [0.717, 1.165) is 0 Å². The molecule has 19 heavy (non-hydrogen) atoms. The molecule has 1 amide bonds. The van der Waals surface area contributed by atoms with Crippen molar-refractivity contribution in [2.24, 2.45) is 22.7 Å². The Bertz CT molecular complexity index is 358. The second kappa shape index (κ2) is 6.12. The lowest BCUT2D eigenvalue weighted by Gasteiger charge is -2.31. The Hall–Kier alpha value is -1.47. The Morgan fingerprint density at radius 2 is 2.11 bits per heavy atom. The molecule has 0 aromatic heterocycles. The summed E-state index contributed by atoms with van der Waals surface area (Å²) < 4.78 is 37.9. The highest BCUT2D eigenvalue weighted by Gasteiger charge is 2.43. The molecule has 3 N–H and O–H groups in total. The van der Waals surface area contributed by atoms with Crippen molar-refractivity contribution in [1.29, 1.82) is 0 Å². The number of oxime groups is 1. The highest BCUT2D eigenvalue weighted by molar-refractivity contribution is 5.87. The summed E-state index contributed by atoms with van der Waals surface area (Å²) in [7, 11) is 1.43. The van der Waals surface area contributed by atoms with Crippen LogP contribution < -0.4 is 5.73 Å². The van der Waals surface area contributed by atoms with Gasteiger partial charge < -0.3 is 15.8 Å². The SMILES string of the molecule is CN(CC(N)=NO)C(=O)C1CCCC(C(F)(F)F)C1. The van der Waals surface area contributed by atoms with Gasteiger partial charge in [0.2, 0.25) is 5.91 Å².